The normalized spacial score (nSPS) is 9.60. The number of H-pyrrole nitrogens is 1. The maximum absolute atomic E-state index is 9.87. The zero-order valence-corrected chi connectivity index (χ0v) is 5.28. The van der Waals surface area contributed by atoms with Gasteiger partial charge >= 0.3 is 0 Å². The fourth-order valence-corrected chi connectivity index (χ4v) is 0.636. The van der Waals surface area contributed by atoms with Gasteiger partial charge in [-0.15, -0.1) is 0 Å². The summed E-state index contributed by atoms with van der Waals surface area (Å²) in [4.78, 5) is 9.52. The van der Waals surface area contributed by atoms with Gasteiger partial charge in [-0.3, -0.25) is 15.2 Å². The van der Waals surface area contributed by atoms with Crippen LogP contribution in [0.2, 0.25) is 0 Å². The third-order valence-corrected chi connectivity index (χ3v) is 1.12. The summed E-state index contributed by atoms with van der Waals surface area (Å²) < 4.78 is 0. The van der Waals surface area contributed by atoms with Gasteiger partial charge < -0.3 is 0 Å². The Kier molecular flexibility index (Phi) is 1.99. The zero-order chi connectivity index (χ0) is 7.40. The summed E-state index contributed by atoms with van der Waals surface area (Å²) in [5.74, 6) is 0. The summed E-state index contributed by atoms with van der Waals surface area (Å²) in [7, 11) is 0. The second-order valence-electron chi connectivity index (χ2n) is 1.89. The Labute approximate surface area is 57.2 Å². The van der Waals surface area contributed by atoms with E-state index in [9.17, 15) is 10.1 Å². The molecule has 0 aliphatic carbocycles. The first-order chi connectivity index (χ1) is 4.79. The van der Waals surface area contributed by atoms with E-state index in [4.69, 9.17) is 0 Å². The van der Waals surface area contributed by atoms with Gasteiger partial charge in [0.25, 0.3) is 0 Å². The lowest BCUT2D eigenvalue weighted by atomic mass is 10.3. The highest BCUT2D eigenvalue weighted by molar-refractivity contribution is 4.96. The van der Waals surface area contributed by atoms with Crippen LogP contribution in [0.1, 0.15) is 5.69 Å². The molecule has 5 nitrogen and oxygen atoms in total. The maximum Gasteiger partial charge on any atom is 0.209 e. The molecule has 0 radical (unpaired) electrons. The summed E-state index contributed by atoms with van der Waals surface area (Å²) >= 11 is 0. The van der Waals surface area contributed by atoms with Gasteiger partial charge in [-0.25, -0.2) is 0 Å². The van der Waals surface area contributed by atoms with Crippen molar-refractivity contribution in [2.75, 3.05) is 6.54 Å². The van der Waals surface area contributed by atoms with Gasteiger partial charge in [0.2, 0.25) is 6.54 Å². The molecular formula is C5H7N3O2. The smallest absolute Gasteiger partial charge is 0.209 e. The number of nitrogens with zero attached hydrogens (tertiary/aromatic N) is 2. The Morgan fingerprint density at radius 3 is 3.10 bits per heavy atom. The van der Waals surface area contributed by atoms with Crippen molar-refractivity contribution in [2.45, 2.75) is 6.42 Å². The second kappa shape index (κ2) is 2.95. The molecule has 0 saturated heterocycles. The fourth-order valence-electron chi connectivity index (χ4n) is 0.636. The maximum atomic E-state index is 9.87. The van der Waals surface area contributed by atoms with E-state index in [2.05, 4.69) is 10.2 Å². The molecule has 1 N–H and O–H groups in total. The zero-order valence-electron chi connectivity index (χ0n) is 5.28. The molecule has 0 saturated carbocycles. The van der Waals surface area contributed by atoms with Crippen LogP contribution in [0, 0.1) is 10.1 Å². The first-order valence-corrected chi connectivity index (χ1v) is 2.89. The molecule has 0 bridgehead atoms. The number of hydrogen-bond acceptors (Lipinski definition) is 3. The highest BCUT2D eigenvalue weighted by atomic mass is 16.6. The van der Waals surface area contributed by atoms with Crippen molar-refractivity contribution < 1.29 is 4.92 Å². The van der Waals surface area contributed by atoms with Gasteiger partial charge in [-0.2, -0.15) is 5.10 Å². The lowest BCUT2D eigenvalue weighted by molar-refractivity contribution is -0.479. The Balaban J connectivity index is 2.35. The molecule has 5 heteroatoms. The number of nitro groups is 1. The molecule has 1 aromatic rings. The third kappa shape index (κ3) is 1.85. The summed E-state index contributed by atoms with van der Waals surface area (Å²) in [5, 5.41) is 16.2. The van der Waals surface area contributed by atoms with Gasteiger partial charge in [0.15, 0.2) is 0 Å². The average Bonchev–Trinajstić information content (AvgIpc) is 2.34. The van der Waals surface area contributed by atoms with Crippen LogP contribution in [0.5, 0.6) is 0 Å². The molecule has 1 aromatic heterocycles. The molecule has 54 valence electrons. The summed E-state index contributed by atoms with van der Waals surface area (Å²) in [6.45, 7) is -0.0395. The third-order valence-electron chi connectivity index (χ3n) is 1.12. The van der Waals surface area contributed by atoms with Crippen LogP contribution < -0.4 is 0 Å². The van der Waals surface area contributed by atoms with E-state index in [0.29, 0.717) is 6.42 Å². The SMILES string of the molecule is O=[N+]([O-])CCc1ccn[nH]1. The van der Waals surface area contributed by atoms with E-state index >= 15 is 0 Å². The van der Waals surface area contributed by atoms with Crippen molar-refractivity contribution >= 4 is 0 Å². The molecule has 0 aliphatic heterocycles. The number of aromatic amines is 1. The molecule has 0 aromatic carbocycles. The highest BCUT2D eigenvalue weighted by Crippen LogP contribution is 1.91. The quantitative estimate of drug-likeness (QED) is 0.483. The Morgan fingerprint density at radius 2 is 2.60 bits per heavy atom. The predicted molar refractivity (Wildman–Crippen MR) is 34.2 cm³/mol. The molecule has 0 spiro atoms. The molecule has 0 amide bonds. The van der Waals surface area contributed by atoms with E-state index in [1.165, 1.54) is 0 Å². The average molecular weight is 141 g/mol. The summed E-state index contributed by atoms with van der Waals surface area (Å²) in [6, 6.07) is 1.73. The number of rotatable bonds is 3. The van der Waals surface area contributed by atoms with Gasteiger partial charge in [0, 0.05) is 16.8 Å². The minimum atomic E-state index is -0.346. The van der Waals surface area contributed by atoms with Crippen LogP contribution in [-0.2, 0) is 6.42 Å². The van der Waals surface area contributed by atoms with E-state index in [1.54, 1.807) is 12.3 Å². The van der Waals surface area contributed by atoms with Crippen molar-refractivity contribution in [2.24, 2.45) is 0 Å². The molecular weight excluding hydrogens is 134 g/mol. The topological polar surface area (TPSA) is 71.8 Å². The largest absolute Gasteiger partial charge is 0.282 e. The lowest BCUT2D eigenvalue weighted by Gasteiger charge is -1.88. The minimum absolute atomic E-state index is 0.0395. The Morgan fingerprint density at radius 1 is 1.80 bits per heavy atom. The number of aromatic nitrogens is 2. The van der Waals surface area contributed by atoms with Crippen molar-refractivity contribution in [1.29, 1.82) is 0 Å². The van der Waals surface area contributed by atoms with Crippen LogP contribution in [-0.4, -0.2) is 21.7 Å². The Hall–Kier alpha value is -1.39. The first kappa shape index (κ1) is 6.73. The fraction of sp³-hybridized carbons (Fsp3) is 0.400. The van der Waals surface area contributed by atoms with Crippen LogP contribution >= 0.6 is 0 Å². The minimum Gasteiger partial charge on any atom is -0.282 e. The molecule has 1 heterocycles. The van der Waals surface area contributed by atoms with Crippen molar-refractivity contribution in [3.8, 4) is 0 Å². The van der Waals surface area contributed by atoms with Crippen LogP contribution in [0.3, 0.4) is 0 Å². The van der Waals surface area contributed by atoms with Crippen LogP contribution in [0.4, 0.5) is 0 Å². The summed E-state index contributed by atoms with van der Waals surface area (Å²) in [6.07, 6.45) is 2.00. The van der Waals surface area contributed by atoms with Gasteiger partial charge in [0.05, 0.1) is 6.42 Å². The molecule has 0 fully saturated rings. The van der Waals surface area contributed by atoms with Crippen molar-refractivity contribution in [1.82, 2.24) is 10.2 Å². The molecule has 10 heavy (non-hydrogen) atoms. The van der Waals surface area contributed by atoms with E-state index in [0.717, 1.165) is 5.69 Å². The van der Waals surface area contributed by atoms with E-state index in [1.807, 2.05) is 0 Å². The lowest BCUT2D eigenvalue weighted by Crippen LogP contribution is -2.03. The summed E-state index contributed by atoms with van der Waals surface area (Å²) in [5.41, 5.74) is 0.803. The van der Waals surface area contributed by atoms with Crippen molar-refractivity contribution in [3.05, 3.63) is 28.1 Å². The predicted octanol–water partition coefficient (Wildman–Crippen LogP) is 0.229. The monoisotopic (exact) mass is 141 g/mol. The number of nitrogens with one attached hydrogen (secondary N) is 1. The molecule has 0 atom stereocenters. The molecule has 0 unspecified atom stereocenters. The second-order valence-corrected chi connectivity index (χ2v) is 1.89. The Bertz CT molecular complexity index is 207. The first-order valence-electron chi connectivity index (χ1n) is 2.89. The highest BCUT2D eigenvalue weighted by Gasteiger charge is 1.98. The standard InChI is InChI=1S/C5H7N3O2/c9-8(10)4-2-5-1-3-6-7-5/h1,3H,2,4H2,(H,6,7). The van der Waals surface area contributed by atoms with Crippen molar-refractivity contribution in [3.63, 3.8) is 0 Å². The molecule has 0 aliphatic rings. The van der Waals surface area contributed by atoms with Gasteiger partial charge in [0.1, 0.15) is 0 Å². The van der Waals surface area contributed by atoms with E-state index in [-0.39, 0.29) is 11.5 Å². The van der Waals surface area contributed by atoms with Crippen LogP contribution in [0.25, 0.3) is 0 Å². The van der Waals surface area contributed by atoms with E-state index < -0.39 is 0 Å². The molecule has 1 rings (SSSR count). The van der Waals surface area contributed by atoms with Gasteiger partial charge in [-0.1, -0.05) is 0 Å². The van der Waals surface area contributed by atoms with Gasteiger partial charge in [-0.05, 0) is 6.07 Å². The van der Waals surface area contributed by atoms with Crippen LogP contribution in [0.15, 0.2) is 12.3 Å². The number of hydrogen-bond donors (Lipinski definition) is 1.